The first-order chi connectivity index (χ1) is 15.4. The minimum absolute atomic E-state index is 0.0799. The number of hydrogen-bond acceptors (Lipinski definition) is 5. The Kier molecular flexibility index (Phi) is 8.03. The van der Waals surface area contributed by atoms with Crippen molar-refractivity contribution in [3.63, 3.8) is 0 Å². The molecule has 32 heavy (non-hydrogen) atoms. The second-order valence-corrected chi connectivity index (χ2v) is 9.52. The van der Waals surface area contributed by atoms with Gasteiger partial charge < -0.3 is 19.5 Å². The number of aromatic nitrogens is 2. The van der Waals surface area contributed by atoms with Crippen molar-refractivity contribution in [3.05, 3.63) is 60.2 Å². The highest BCUT2D eigenvalue weighted by atomic mass is 32.2. The highest BCUT2D eigenvalue weighted by Crippen LogP contribution is 2.23. The zero-order valence-corrected chi connectivity index (χ0v) is 19.0. The molecule has 1 atom stereocenters. The first-order valence-electron chi connectivity index (χ1n) is 10.6. The van der Waals surface area contributed by atoms with E-state index in [-0.39, 0.29) is 35.9 Å². The fourth-order valence-corrected chi connectivity index (χ4v) is 5.19. The molecule has 0 radical (unpaired) electrons. The first-order valence-corrected chi connectivity index (χ1v) is 12.3. The molecule has 10 heteroatoms. The highest BCUT2D eigenvalue weighted by molar-refractivity contribution is 7.90. The minimum Gasteiger partial charge on any atom is -0.376 e. The van der Waals surface area contributed by atoms with Crippen LogP contribution in [0.3, 0.4) is 0 Å². The number of hydrogen-bond donors (Lipinski definition) is 1. The van der Waals surface area contributed by atoms with Crippen LogP contribution >= 0.6 is 0 Å². The summed E-state index contributed by atoms with van der Waals surface area (Å²) < 4.78 is 47.8. The molecule has 0 spiro atoms. The van der Waals surface area contributed by atoms with Crippen molar-refractivity contribution in [2.45, 2.75) is 49.9 Å². The summed E-state index contributed by atoms with van der Waals surface area (Å²) >= 11 is 0. The number of sulfone groups is 1. The molecular formula is C22H29FN4O4S. The van der Waals surface area contributed by atoms with E-state index in [4.69, 9.17) is 4.74 Å². The summed E-state index contributed by atoms with van der Waals surface area (Å²) in [5.74, 6) is -1.09. The van der Waals surface area contributed by atoms with Crippen molar-refractivity contribution in [2.75, 3.05) is 19.7 Å². The predicted molar refractivity (Wildman–Crippen MR) is 118 cm³/mol. The number of imidazole rings is 1. The Labute approximate surface area is 188 Å². The average Bonchev–Trinajstić information content (AvgIpc) is 3.40. The zero-order valence-electron chi connectivity index (χ0n) is 18.2. The molecule has 1 saturated heterocycles. The normalized spacial score (nSPS) is 16.1. The summed E-state index contributed by atoms with van der Waals surface area (Å²) in [6.07, 6.45) is 4.61. The highest BCUT2D eigenvalue weighted by Gasteiger charge is 2.28. The van der Waals surface area contributed by atoms with Crippen LogP contribution in [0.4, 0.5) is 9.18 Å². The predicted octanol–water partition coefficient (Wildman–Crippen LogP) is 2.89. The molecule has 1 fully saturated rings. The molecule has 1 aromatic carbocycles. The van der Waals surface area contributed by atoms with Crippen molar-refractivity contribution in [3.8, 4) is 0 Å². The van der Waals surface area contributed by atoms with Crippen LogP contribution in [0.1, 0.15) is 31.0 Å². The molecule has 8 nitrogen and oxygen atoms in total. The van der Waals surface area contributed by atoms with Gasteiger partial charge in [-0.25, -0.2) is 22.6 Å². The van der Waals surface area contributed by atoms with E-state index in [1.54, 1.807) is 16.7 Å². The number of carbonyl (C=O) groups excluding carboxylic acids is 1. The van der Waals surface area contributed by atoms with Crippen LogP contribution in [0.25, 0.3) is 0 Å². The molecule has 174 valence electrons. The second-order valence-electron chi connectivity index (χ2n) is 7.63. The molecule has 1 aliphatic heterocycles. The van der Waals surface area contributed by atoms with E-state index in [2.05, 4.69) is 16.9 Å². The van der Waals surface area contributed by atoms with Gasteiger partial charge in [0.05, 0.1) is 36.8 Å². The number of nitrogens with one attached hydrogen (secondary N) is 1. The molecule has 3 rings (SSSR count). The van der Waals surface area contributed by atoms with E-state index in [0.717, 1.165) is 12.8 Å². The summed E-state index contributed by atoms with van der Waals surface area (Å²) in [6, 6.07) is 5.50. The number of carbonyl (C=O) groups is 1. The molecule has 1 aromatic heterocycles. The molecule has 2 heterocycles. The van der Waals surface area contributed by atoms with E-state index in [1.807, 2.05) is 6.92 Å². The Hall–Kier alpha value is -2.72. The van der Waals surface area contributed by atoms with Gasteiger partial charge in [0.1, 0.15) is 5.82 Å². The summed E-state index contributed by atoms with van der Waals surface area (Å²) in [4.78, 5) is 18.1. The van der Waals surface area contributed by atoms with E-state index >= 15 is 0 Å². The van der Waals surface area contributed by atoms with Crippen LogP contribution in [0, 0.1) is 5.82 Å². The smallest absolute Gasteiger partial charge is 0.318 e. The quantitative estimate of drug-likeness (QED) is 0.546. The lowest BCUT2D eigenvalue weighted by atomic mass is 10.2. The number of benzene rings is 1. The van der Waals surface area contributed by atoms with Crippen molar-refractivity contribution >= 4 is 15.9 Å². The Morgan fingerprint density at radius 3 is 2.88 bits per heavy atom. The van der Waals surface area contributed by atoms with Gasteiger partial charge in [-0.1, -0.05) is 24.3 Å². The van der Waals surface area contributed by atoms with Crippen molar-refractivity contribution in [2.24, 2.45) is 0 Å². The average molecular weight is 465 g/mol. The lowest BCUT2D eigenvalue weighted by Gasteiger charge is -2.23. The zero-order chi connectivity index (χ0) is 23.1. The third-order valence-corrected chi connectivity index (χ3v) is 6.78. The third-order valence-electron chi connectivity index (χ3n) is 5.21. The molecule has 1 aliphatic rings. The van der Waals surface area contributed by atoms with Gasteiger partial charge in [0, 0.05) is 25.3 Å². The van der Waals surface area contributed by atoms with Gasteiger partial charge in [-0.05, 0) is 25.8 Å². The summed E-state index contributed by atoms with van der Waals surface area (Å²) in [5, 5.41) is 2.59. The van der Waals surface area contributed by atoms with Gasteiger partial charge in [-0.3, -0.25) is 0 Å². The molecule has 1 unspecified atom stereocenters. The van der Waals surface area contributed by atoms with E-state index in [0.29, 0.717) is 25.4 Å². The molecule has 2 amide bonds. The molecule has 0 bridgehead atoms. The summed E-state index contributed by atoms with van der Waals surface area (Å²) in [6.45, 7) is 7.32. The number of ether oxygens (including phenoxy) is 1. The van der Waals surface area contributed by atoms with Crippen LogP contribution < -0.4 is 5.32 Å². The molecular weight excluding hydrogens is 435 g/mol. The van der Waals surface area contributed by atoms with Crippen LogP contribution in [-0.4, -0.2) is 54.7 Å². The Morgan fingerprint density at radius 1 is 1.44 bits per heavy atom. The molecule has 0 aliphatic carbocycles. The van der Waals surface area contributed by atoms with Crippen molar-refractivity contribution in [1.82, 2.24) is 19.8 Å². The summed E-state index contributed by atoms with van der Waals surface area (Å²) in [5.41, 5.74) is 0.636. The lowest BCUT2D eigenvalue weighted by Crippen LogP contribution is -2.40. The first kappa shape index (κ1) is 23.9. The Morgan fingerprint density at radius 2 is 2.22 bits per heavy atom. The molecule has 0 saturated carbocycles. The number of rotatable bonds is 10. The number of amides is 2. The number of nitrogens with zero attached hydrogens (tertiary/aromatic N) is 3. The van der Waals surface area contributed by atoms with E-state index in [9.17, 15) is 17.6 Å². The number of urea groups is 1. The molecule has 2 aromatic rings. The Balaban J connectivity index is 1.95. The van der Waals surface area contributed by atoms with E-state index in [1.165, 1.54) is 29.3 Å². The summed E-state index contributed by atoms with van der Waals surface area (Å²) in [7, 11) is -3.95. The Bertz CT molecular complexity index is 1050. The largest absolute Gasteiger partial charge is 0.376 e. The van der Waals surface area contributed by atoms with Crippen molar-refractivity contribution in [1.29, 1.82) is 0 Å². The van der Waals surface area contributed by atoms with Gasteiger partial charge >= 0.3 is 6.03 Å². The topological polar surface area (TPSA) is 93.5 Å². The maximum absolute atomic E-state index is 14.1. The van der Waals surface area contributed by atoms with E-state index < -0.39 is 21.4 Å². The van der Waals surface area contributed by atoms with Gasteiger partial charge in [0.2, 0.25) is 15.0 Å². The maximum Gasteiger partial charge on any atom is 0.318 e. The number of halogens is 1. The fraction of sp³-hybridized carbons (Fsp3) is 0.455. The van der Waals surface area contributed by atoms with Crippen LogP contribution in [-0.2, 0) is 33.4 Å². The van der Waals surface area contributed by atoms with Gasteiger partial charge in [-0.2, -0.15) is 0 Å². The SMILES string of the molecule is C=CCN(Cc1cnc(S(=O)(=O)Cc2ccccc2F)n1CC1CCCO1)C(=O)NCC. The standard InChI is InChI=1S/C22H29FN4O4S/c1-3-11-26(21(28)24-4-2)14-18-13-25-22(27(18)15-19-9-7-12-31-19)32(29,30)16-17-8-5-6-10-20(17)23/h3,5-6,8,10,13,19H,1,4,7,9,11-12,14-16H2,2H3,(H,24,28). The van der Waals surface area contributed by atoms with Gasteiger partial charge in [0.15, 0.2) is 0 Å². The maximum atomic E-state index is 14.1. The third kappa shape index (κ3) is 5.74. The van der Waals surface area contributed by atoms with Crippen LogP contribution in [0.15, 0.2) is 48.3 Å². The van der Waals surface area contributed by atoms with Crippen LogP contribution in [0.2, 0.25) is 0 Å². The lowest BCUT2D eigenvalue weighted by molar-refractivity contribution is 0.0935. The minimum atomic E-state index is -3.95. The molecule has 1 N–H and O–H groups in total. The van der Waals surface area contributed by atoms with Crippen molar-refractivity contribution < 1.29 is 22.3 Å². The fourth-order valence-electron chi connectivity index (χ4n) is 3.67. The monoisotopic (exact) mass is 464 g/mol. The van der Waals surface area contributed by atoms with Crippen LogP contribution in [0.5, 0.6) is 0 Å². The van der Waals surface area contributed by atoms with Gasteiger partial charge in [0.25, 0.3) is 0 Å². The van der Waals surface area contributed by atoms with Gasteiger partial charge in [-0.15, -0.1) is 6.58 Å². The second kappa shape index (κ2) is 10.7.